The van der Waals surface area contributed by atoms with Crippen molar-refractivity contribution in [2.45, 2.75) is 4.90 Å². The molecule has 1 aromatic heterocycles. The summed E-state index contributed by atoms with van der Waals surface area (Å²) in [6.45, 7) is 0. The van der Waals surface area contributed by atoms with E-state index in [-0.39, 0.29) is 20.8 Å². The van der Waals surface area contributed by atoms with Crippen LogP contribution < -0.4 is 10.5 Å². The number of aromatic nitrogens is 1. The van der Waals surface area contributed by atoms with E-state index >= 15 is 0 Å². The second-order valence-corrected chi connectivity index (χ2v) is 6.34. The Bertz CT molecular complexity index is 792. The molecule has 110 valence electrons. The first-order valence-corrected chi connectivity index (χ1v) is 7.84. The van der Waals surface area contributed by atoms with E-state index in [0.717, 1.165) is 0 Å². The maximum absolute atomic E-state index is 12.0. The van der Waals surface area contributed by atoms with Crippen LogP contribution in [-0.2, 0) is 10.0 Å². The lowest BCUT2D eigenvalue weighted by atomic mass is 10.3. The number of rotatable bonds is 3. The smallest absolute Gasteiger partial charge is 0.275 e. The van der Waals surface area contributed by atoms with Gasteiger partial charge in [-0.1, -0.05) is 23.2 Å². The Morgan fingerprint density at radius 2 is 1.71 bits per heavy atom. The van der Waals surface area contributed by atoms with E-state index in [0.29, 0.717) is 5.69 Å². The lowest BCUT2D eigenvalue weighted by Crippen LogP contribution is -2.15. The van der Waals surface area contributed by atoms with Crippen LogP contribution in [0.5, 0.6) is 0 Å². The predicted octanol–water partition coefficient (Wildman–Crippen LogP) is 2.29. The molecule has 0 saturated heterocycles. The number of hydrogen-bond acceptors (Lipinski definition) is 4. The van der Waals surface area contributed by atoms with Crippen molar-refractivity contribution in [3.05, 3.63) is 52.3 Å². The van der Waals surface area contributed by atoms with Gasteiger partial charge in [0.05, 0.1) is 9.92 Å². The van der Waals surface area contributed by atoms with E-state index in [1.165, 1.54) is 36.4 Å². The molecule has 2 aromatic rings. The van der Waals surface area contributed by atoms with Crippen molar-refractivity contribution in [3.63, 3.8) is 0 Å². The number of nitrogens with two attached hydrogens (primary N) is 1. The van der Waals surface area contributed by atoms with Gasteiger partial charge < -0.3 is 5.32 Å². The van der Waals surface area contributed by atoms with Gasteiger partial charge in [0, 0.05) is 5.69 Å². The molecule has 2 rings (SSSR count). The molecular formula is C12H9Cl2N3O3S. The highest BCUT2D eigenvalue weighted by Gasteiger charge is 2.14. The molecule has 0 aliphatic heterocycles. The van der Waals surface area contributed by atoms with E-state index in [1.54, 1.807) is 0 Å². The first-order chi connectivity index (χ1) is 9.77. The summed E-state index contributed by atoms with van der Waals surface area (Å²) < 4.78 is 22.2. The van der Waals surface area contributed by atoms with Gasteiger partial charge in [0.1, 0.15) is 10.8 Å². The minimum atomic E-state index is -3.78. The molecule has 0 atom stereocenters. The van der Waals surface area contributed by atoms with Crippen LogP contribution in [0.2, 0.25) is 10.2 Å². The number of hydrogen-bond donors (Lipinski definition) is 2. The number of halogens is 2. The number of anilines is 1. The molecule has 0 saturated carbocycles. The van der Waals surface area contributed by atoms with E-state index in [9.17, 15) is 13.2 Å². The van der Waals surface area contributed by atoms with Crippen molar-refractivity contribution >= 4 is 44.8 Å². The third kappa shape index (κ3) is 3.92. The second-order valence-electron chi connectivity index (χ2n) is 3.99. The van der Waals surface area contributed by atoms with Crippen molar-refractivity contribution < 1.29 is 13.2 Å². The number of primary sulfonamides is 1. The van der Waals surface area contributed by atoms with E-state index in [1.807, 2.05) is 0 Å². The summed E-state index contributed by atoms with van der Waals surface area (Å²) in [5.74, 6) is -0.564. The Kier molecular flexibility index (Phi) is 4.48. The van der Waals surface area contributed by atoms with Crippen LogP contribution in [0, 0.1) is 0 Å². The highest BCUT2D eigenvalue weighted by Crippen LogP contribution is 2.19. The Balaban J connectivity index is 2.22. The van der Waals surface area contributed by atoms with Gasteiger partial charge in [-0.15, -0.1) is 0 Å². The van der Waals surface area contributed by atoms with Crippen molar-refractivity contribution in [3.8, 4) is 0 Å². The lowest BCUT2D eigenvalue weighted by Gasteiger charge is -2.07. The summed E-state index contributed by atoms with van der Waals surface area (Å²) in [5.41, 5.74) is 0.338. The van der Waals surface area contributed by atoms with Crippen LogP contribution >= 0.6 is 23.2 Å². The van der Waals surface area contributed by atoms with Gasteiger partial charge in [0.15, 0.2) is 0 Å². The SMILES string of the molecule is NS(=O)(=O)c1ccc(NC(=O)c2nc(Cl)ccc2Cl)cc1. The van der Waals surface area contributed by atoms with Crippen LogP contribution in [0.1, 0.15) is 10.5 Å². The fourth-order valence-electron chi connectivity index (χ4n) is 1.50. The molecule has 0 aliphatic carbocycles. The Hall–Kier alpha value is -1.67. The molecule has 0 unspecified atom stereocenters. The number of carbonyl (C=O) groups is 1. The third-order valence-electron chi connectivity index (χ3n) is 2.47. The Morgan fingerprint density at radius 3 is 2.29 bits per heavy atom. The number of nitrogens with zero attached hydrogens (tertiary/aromatic N) is 1. The zero-order chi connectivity index (χ0) is 15.6. The maximum Gasteiger partial charge on any atom is 0.275 e. The van der Waals surface area contributed by atoms with Crippen molar-refractivity contribution in [1.82, 2.24) is 4.98 Å². The van der Waals surface area contributed by atoms with Crippen LogP contribution in [0.25, 0.3) is 0 Å². The van der Waals surface area contributed by atoms with Gasteiger partial charge in [-0.25, -0.2) is 18.5 Å². The summed E-state index contributed by atoms with van der Waals surface area (Å²) in [6.07, 6.45) is 0. The molecule has 6 nitrogen and oxygen atoms in total. The quantitative estimate of drug-likeness (QED) is 0.833. The second kappa shape index (κ2) is 5.98. The van der Waals surface area contributed by atoms with Crippen LogP contribution in [0.4, 0.5) is 5.69 Å². The summed E-state index contributed by atoms with van der Waals surface area (Å²) in [5, 5.41) is 7.79. The monoisotopic (exact) mass is 345 g/mol. The van der Waals surface area contributed by atoms with E-state index in [4.69, 9.17) is 28.3 Å². The number of nitrogens with one attached hydrogen (secondary N) is 1. The summed E-state index contributed by atoms with van der Waals surface area (Å²) in [6, 6.07) is 8.26. The zero-order valence-electron chi connectivity index (χ0n) is 10.4. The van der Waals surface area contributed by atoms with Crippen molar-refractivity contribution in [1.29, 1.82) is 0 Å². The molecule has 0 bridgehead atoms. The first-order valence-electron chi connectivity index (χ1n) is 5.53. The Morgan fingerprint density at radius 1 is 1.10 bits per heavy atom. The lowest BCUT2D eigenvalue weighted by molar-refractivity contribution is 0.102. The molecule has 21 heavy (non-hydrogen) atoms. The van der Waals surface area contributed by atoms with Gasteiger partial charge in [0.25, 0.3) is 5.91 Å². The van der Waals surface area contributed by atoms with Crippen molar-refractivity contribution in [2.75, 3.05) is 5.32 Å². The van der Waals surface area contributed by atoms with Gasteiger partial charge in [-0.2, -0.15) is 0 Å². The summed E-state index contributed by atoms with van der Waals surface area (Å²) in [7, 11) is -3.78. The molecule has 1 heterocycles. The molecule has 0 spiro atoms. The van der Waals surface area contributed by atoms with Gasteiger partial charge >= 0.3 is 0 Å². The molecule has 1 amide bonds. The average molecular weight is 346 g/mol. The van der Waals surface area contributed by atoms with Gasteiger partial charge in [-0.05, 0) is 36.4 Å². The summed E-state index contributed by atoms with van der Waals surface area (Å²) in [4.78, 5) is 15.8. The average Bonchev–Trinajstić information content (AvgIpc) is 2.41. The number of benzene rings is 1. The van der Waals surface area contributed by atoms with E-state index in [2.05, 4.69) is 10.3 Å². The Labute approximate surface area is 130 Å². The standard InChI is InChI=1S/C12H9Cl2N3O3S/c13-9-5-6-10(14)17-11(9)12(18)16-7-1-3-8(4-2-7)21(15,19)20/h1-6H,(H,16,18)(H2,15,19,20). The molecular weight excluding hydrogens is 337 g/mol. The van der Waals surface area contributed by atoms with Crippen LogP contribution in [-0.4, -0.2) is 19.3 Å². The molecule has 0 aliphatic rings. The normalized spacial score (nSPS) is 11.2. The molecule has 0 fully saturated rings. The van der Waals surface area contributed by atoms with Crippen molar-refractivity contribution in [2.24, 2.45) is 5.14 Å². The number of carbonyl (C=O) groups excluding carboxylic acids is 1. The third-order valence-corrected chi connectivity index (χ3v) is 3.91. The van der Waals surface area contributed by atoms with Crippen LogP contribution in [0.15, 0.2) is 41.3 Å². The number of pyridine rings is 1. The largest absolute Gasteiger partial charge is 0.321 e. The summed E-state index contributed by atoms with van der Waals surface area (Å²) >= 11 is 11.6. The first kappa shape index (κ1) is 15.7. The highest BCUT2D eigenvalue weighted by molar-refractivity contribution is 7.89. The minimum Gasteiger partial charge on any atom is -0.321 e. The molecule has 3 N–H and O–H groups in total. The number of amides is 1. The maximum atomic E-state index is 12.0. The fraction of sp³-hybridized carbons (Fsp3) is 0. The van der Waals surface area contributed by atoms with Gasteiger partial charge in [-0.3, -0.25) is 4.79 Å². The van der Waals surface area contributed by atoms with E-state index < -0.39 is 15.9 Å². The molecule has 0 radical (unpaired) electrons. The topological polar surface area (TPSA) is 102 Å². The zero-order valence-corrected chi connectivity index (χ0v) is 12.7. The molecule has 1 aromatic carbocycles. The predicted molar refractivity (Wildman–Crippen MR) is 80.0 cm³/mol. The van der Waals surface area contributed by atoms with Gasteiger partial charge in [0.2, 0.25) is 10.0 Å². The highest BCUT2D eigenvalue weighted by atomic mass is 35.5. The fourth-order valence-corrected chi connectivity index (χ4v) is 2.35. The minimum absolute atomic E-state index is 0.0281. The number of sulfonamides is 1. The van der Waals surface area contributed by atoms with Crippen LogP contribution in [0.3, 0.4) is 0 Å². The molecule has 9 heteroatoms.